The van der Waals surface area contributed by atoms with Gasteiger partial charge in [-0.2, -0.15) is 0 Å². The van der Waals surface area contributed by atoms with Crippen LogP contribution in [0, 0.1) is 26.1 Å². The number of hydrogen-bond donors (Lipinski definition) is 2. The van der Waals surface area contributed by atoms with Gasteiger partial charge in [0.05, 0.1) is 15.9 Å². The van der Waals surface area contributed by atoms with Crippen molar-refractivity contribution in [1.82, 2.24) is 0 Å². The third-order valence-electron chi connectivity index (χ3n) is 2.72. The van der Waals surface area contributed by atoms with E-state index in [4.69, 9.17) is 5.11 Å². The summed E-state index contributed by atoms with van der Waals surface area (Å²) in [5, 5.41) is 33.3. The lowest BCUT2D eigenvalue weighted by Crippen LogP contribution is -2.31. The lowest BCUT2D eigenvalue weighted by Gasteiger charge is -2.17. The predicted molar refractivity (Wildman–Crippen MR) is 74.3 cm³/mol. The molecule has 1 aromatic rings. The molecule has 114 valence electrons. The monoisotopic (exact) mass is 297 g/mol. The minimum Gasteiger partial charge on any atom is -0.480 e. The fourth-order valence-electron chi connectivity index (χ4n) is 1.79. The normalized spacial score (nSPS) is 12.0. The molecule has 0 aliphatic rings. The van der Waals surface area contributed by atoms with Crippen LogP contribution in [0.3, 0.4) is 0 Å². The van der Waals surface area contributed by atoms with Crippen molar-refractivity contribution in [3.63, 3.8) is 0 Å². The number of benzene rings is 1. The van der Waals surface area contributed by atoms with Crippen LogP contribution in [0.2, 0.25) is 0 Å². The van der Waals surface area contributed by atoms with E-state index in [1.807, 2.05) is 13.8 Å². The number of nitrogens with zero attached hydrogens (tertiary/aromatic N) is 2. The number of carboxylic acid groups (broad SMARTS) is 1. The highest BCUT2D eigenvalue weighted by atomic mass is 16.6. The van der Waals surface area contributed by atoms with Crippen molar-refractivity contribution >= 4 is 23.0 Å². The molecule has 0 bridgehead atoms. The van der Waals surface area contributed by atoms with Gasteiger partial charge >= 0.3 is 5.97 Å². The SMILES string of the molecule is CC(C)C[C@H](Nc1ccc([N+](=O)[O-])cc1[N+](=O)[O-])C(=O)O. The van der Waals surface area contributed by atoms with E-state index in [1.54, 1.807) is 0 Å². The van der Waals surface area contributed by atoms with Crippen LogP contribution in [-0.2, 0) is 4.79 Å². The van der Waals surface area contributed by atoms with Crippen LogP contribution < -0.4 is 5.32 Å². The standard InChI is InChI=1S/C12H15N3O6/c1-7(2)5-10(12(16)17)13-9-4-3-8(14(18)19)6-11(9)15(20)21/h3-4,6-7,10,13H,5H2,1-2H3,(H,16,17)/t10-/m0/s1. The van der Waals surface area contributed by atoms with Gasteiger partial charge in [-0.15, -0.1) is 0 Å². The number of aliphatic carboxylic acids is 1. The van der Waals surface area contributed by atoms with Gasteiger partial charge in [0.2, 0.25) is 0 Å². The number of hydrogen-bond acceptors (Lipinski definition) is 6. The molecular weight excluding hydrogens is 282 g/mol. The van der Waals surface area contributed by atoms with Gasteiger partial charge in [0, 0.05) is 6.07 Å². The van der Waals surface area contributed by atoms with Gasteiger partial charge in [0.25, 0.3) is 11.4 Å². The summed E-state index contributed by atoms with van der Waals surface area (Å²) in [4.78, 5) is 31.2. The highest BCUT2D eigenvalue weighted by Gasteiger charge is 2.25. The lowest BCUT2D eigenvalue weighted by molar-refractivity contribution is -0.393. The maximum absolute atomic E-state index is 11.2. The fraction of sp³-hybridized carbons (Fsp3) is 0.417. The summed E-state index contributed by atoms with van der Waals surface area (Å²) in [6.45, 7) is 3.64. The largest absolute Gasteiger partial charge is 0.480 e. The molecule has 9 heteroatoms. The summed E-state index contributed by atoms with van der Waals surface area (Å²) in [5.41, 5.74) is -1.01. The zero-order valence-electron chi connectivity index (χ0n) is 11.5. The molecule has 0 aliphatic heterocycles. The molecule has 0 fully saturated rings. The van der Waals surface area contributed by atoms with Crippen molar-refractivity contribution in [3.05, 3.63) is 38.4 Å². The van der Waals surface area contributed by atoms with E-state index >= 15 is 0 Å². The fourth-order valence-corrected chi connectivity index (χ4v) is 1.79. The molecule has 0 aliphatic carbocycles. The van der Waals surface area contributed by atoms with Crippen molar-refractivity contribution in [1.29, 1.82) is 0 Å². The summed E-state index contributed by atoms with van der Waals surface area (Å²) in [6, 6.07) is 2.03. The van der Waals surface area contributed by atoms with Gasteiger partial charge in [-0.1, -0.05) is 13.8 Å². The Balaban J connectivity index is 3.13. The van der Waals surface area contributed by atoms with E-state index in [9.17, 15) is 25.0 Å². The summed E-state index contributed by atoms with van der Waals surface area (Å²) >= 11 is 0. The van der Waals surface area contributed by atoms with Gasteiger partial charge in [-0.3, -0.25) is 20.2 Å². The first-order chi connectivity index (χ1) is 9.72. The Morgan fingerprint density at radius 1 is 1.29 bits per heavy atom. The minimum atomic E-state index is -1.14. The molecule has 0 spiro atoms. The molecule has 1 rings (SSSR count). The zero-order valence-corrected chi connectivity index (χ0v) is 11.5. The number of carbonyl (C=O) groups is 1. The molecule has 0 unspecified atom stereocenters. The van der Waals surface area contributed by atoms with Gasteiger partial charge in [-0.25, -0.2) is 4.79 Å². The second kappa shape index (κ2) is 6.64. The first-order valence-electron chi connectivity index (χ1n) is 6.14. The molecule has 0 radical (unpaired) electrons. The topological polar surface area (TPSA) is 136 Å². The van der Waals surface area contributed by atoms with Crippen molar-refractivity contribution < 1.29 is 19.7 Å². The van der Waals surface area contributed by atoms with E-state index in [0.29, 0.717) is 0 Å². The first-order valence-corrected chi connectivity index (χ1v) is 6.14. The van der Waals surface area contributed by atoms with Gasteiger partial charge < -0.3 is 10.4 Å². The Hall–Kier alpha value is -2.71. The molecule has 0 saturated carbocycles. The Morgan fingerprint density at radius 3 is 2.33 bits per heavy atom. The number of nitro benzene ring substituents is 2. The van der Waals surface area contributed by atoms with Crippen molar-refractivity contribution in [3.8, 4) is 0 Å². The molecule has 2 N–H and O–H groups in total. The maximum Gasteiger partial charge on any atom is 0.326 e. The average molecular weight is 297 g/mol. The van der Waals surface area contributed by atoms with Gasteiger partial charge in [-0.05, 0) is 18.4 Å². The lowest BCUT2D eigenvalue weighted by atomic mass is 10.0. The quantitative estimate of drug-likeness (QED) is 0.582. The molecule has 1 aromatic carbocycles. The van der Waals surface area contributed by atoms with Gasteiger partial charge in [0.15, 0.2) is 0 Å². The van der Waals surface area contributed by atoms with Crippen molar-refractivity contribution in [2.45, 2.75) is 26.3 Å². The highest BCUT2D eigenvalue weighted by molar-refractivity contribution is 5.79. The van der Waals surface area contributed by atoms with Crippen LogP contribution in [-0.4, -0.2) is 27.0 Å². The number of anilines is 1. The van der Waals surface area contributed by atoms with Crippen LogP contribution in [0.4, 0.5) is 17.1 Å². The van der Waals surface area contributed by atoms with Crippen molar-refractivity contribution in [2.75, 3.05) is 5.32 Å². The second-order valence-electron chi connectivity index (χ2n) is 4.88. The van der Waals surface area contributed by atoms with E-state index in [-0.39, 0.29) is 18.0 Å². The summed E-state index contributed by atoms with van der Waals surface area (Å²) in [7, 11) is 0. The number of rotatable bonds is 7. The Kier molecular flexibility index (Phi) is 5.17. The van der Waals surface area contributed by atoms with E-state index in [1.165, 1.54) is 0 Å². The third-order valence-corrected chi connectivity index (χ3v) is 2.72. The smallest absolute Gasteiger partial charge is 0.326 e. The van der Waals surface area contributed by atoms with E-state index < -0.39 is 33.2 Å². The van der Waals surface area contributed by atoms with Crippen LogP contribution in [0.15, 0.2) is 18.2 Å². The molecule has 1 atom stereocenters. The highest BCUT2D eigenvalue weighted by Crippen LogP contribution is 2.30. The summed E-state index contributed by atoms with van der Waals surface area (Å²) in [6.07, 6.45) is 0.267. The van der Waals surface area contributed by atoms with Crippen molar-refractivity contribution in [2.24, 2.45) is 5.92 Å². The third kappa shape index (κ3) is 4.41. The maximum atomic E-state index is 11.2. The van der Waals surface area contributed by atoms with Crippen LogP contribution in [0.25, 0.3) is 0 Å². The van der Waals surface area contributed by atoms with Gasteiger partial charge in [0.1, 0.15) is 11.7 Å². The number of nitrogens with one attached hydrogen (secondary N) is 1. The Labute approximate surface area is 119 Å². The van der Waals surface area contributed by atoms with E-state index in [2.05, 4.69) is 5.32 Å². The molecule has 21 heavy (non-hydrogen) atoms. The number of carboxylic acids is 1. The molecule has 0 amide bonds. The Morgan fingerprint density at radius 2 is 1.90 bits per heavy atom. The molecule has 0 aromatic heterocycles. The summed E-state index contributed by atoms with van der Waals surface area (Å²) in [5.74, 6) is -1.08. The minimum absolute atomic E-state index is 0.0568. The number of nitro groups is 2. The average Bonchev–Trinajstić information content (AvgIpc) is 2.37. The predicted octanol–water partition coefficient (Wildman–Crippen LogP) is 2.41. The molecule has 9 nitrogen and oxygen atoms in total. The van der Waals surface area contributed by atoms with Crippen LogP contribution >= 0.6 is 0 Å². The molecular formula is C12H15N3O6. The summed E-state index contributed by atoms with van der Waals surface area (Å²) < 4.78 is 0. The first kappa shape index (κ1) is 16.3. The van der Waals surface area contributed by atoms with Crippen LogP contribution in [0.5, 0.6) is 0 Å². The van der Waals surface area contributed by atoms with Crippen LogP contribution in [0.1, 0.15) is 20.3 Å². The molecule has 0 saturated heterocycles. The second-order valence-corrected chi connectivity index (χ2v) is 4.88. The number of non-ortho nitro benzene ring substituents is 1. The molecule has 0 heterocycles. The zero-order chi connectivity index (χ0) is 16.2. The Bertz CT molecular complexity index is 572. The van der Waals surface area contributed by atoms with E-state index in [0.717, 1.165) is 18.2 Å².